The summed E-state index contributed by atoms with van der Waals surface area (Å²) in [6.45, 7) is 4.65. The molecule has 33 heavy (non-hydrogen) atoms. The lowest BCUT2D eigenvalue weighted by Gasteiger charge is -2.19. The molecule has 4 aromatic rings. The molecule has 3 aromatic carbocycles. The van der Waals surface area contributed by atoms with E-state index in [2.05, 4.69) is 5.32 Å². The fraction of sp³-hybridized carbons (Fsp3) is 0.148. The monoisotopic (exact) mass is 455 g/mol. The molecule has 0 saturated carbocycles. The number of aromatic nitrogens is 1. The Morgan fingerprint density at radius 1 is 0.909 bits per heavy atom. The van der Waals surface area contributed by atoms with Crippen molar-refractivity contribution in [1.29, 1.82) is 0 Å². The van der Waals surface area contributed by atoms with Gasteiger partial charge in [-0.05, 0) is 24.6 Å². The summed E-state index contributed by atoms with van der Waals surface area (Å²) in [5.74, 6) is -0.179. The van der Waals surface area contributed by atoms with Crippen molar-refractivity contribution in [2.24, 2.45) is 0 Å². The molecule has 0 saturated heterocycles. The first-order valence-electron chi connectivity index (χ1n) is 10.8. The lowest BCUT2D eigenvalue weighted by atomic mass is 10.1. The summed E-state index contributed by atoms with van der Waals surface area (Å²) in [5, 5.41) is 3.82. The topological polar surface area (TPSA) is 62.3 Å². The molecule has 0 aliphatic rings. The molecular weight excluding hydrogens is 430 g/mol. The molecule has 5 nitrogen and oxygen atoms in total. The van der Waals surface area contributed by atoms with E-state index in [4.69, 9.17) is 4.98 Å². The Hall–Kier alpha value is -3.77. The molecule has 0 spiro atoms. The molecule has 1 aromatic heterocycles. The summed E-state index contributed by atoms with van der Waals surface area (Å²) < 4.78 is 0. The van der Waals surface area contributed by atoms with E-state index in [0.29, 0.717) is 29.3 Å². The van der Waals surface area contributed by atoms with Gasteiger partial charge in [-0.3, -0.25) is 9.59 Å². The Labute approximate surface area is 197 Å². The number of anilines is 1. The van der Waals surface area contributed by atoms with Crippen LogP contribution in [0.2, 0.25) is 0 Å². The highest BCUT2D eigenvalue weighted by atomic mass is 32.1. The third-order valence-electron chi connectivity index (χ3n) is 5.29. The molecule has 6 heteroatoms. The molecule has 0 bridgehead atoms. The van der Waals surface area contributed by atoms with Crippen molar-refractivity contribution < 1.29 is 9.59 Å². The molecule has 0 aliphatic carbocycles. The molecule has 0 radical (unpaired) electrons. The van der Waals surface area contributed by atoms with Crippen LogP contribution in [0, 0.1) is 0 Å². The molecule has 2 amide bonds. The molecule has 4 rings (SSSR count). The number of hydrogen-bond acceptors (Lipinski definition) is 4. The van der Waals surface area contributed by atoms with Gasteiger partial charge in [0.1, 0.15) is 9.88 Å². The third-order valence-corrected chi connectivity index (χ3v) is 6.39. The van der Waals surface area contributed by atoms with E-state index in [0.717, 1.165) is 21.7 Å². The summed E-state index contributed by atoms with van der Waals surface area (Å²) in [6, 6.07) is 27.2. The molecule has 166 valence electrons. The number of thiazole rings is 1. The lowest BCUT2D eigenvalue weighted by molar-refractivity contribution is -0.129. The fourth-order valence-corrected chi connectivity index (χ4v) is 4.56. The van der Waals surface area contributed by atoms with Gasteiger partial charge in [-0.2, -0.15) is 0 Å². The van der Waals surface area contributed by atoms with Crippen LogP contribution in [0.4, 0.5) is 5.69 Å². The molecule has 0 unspecified atom stereocenters. The standard InChI is InChI=1S/C27H25N3O2S/c1-3-30(19(2)31)18-20-11-10-16-23(17-20)28-26(32)25-24(21-12-6-4-7-13-21)29-27(33-25)22-14-8-5-9-15-22/h4-17H,3,18H2,1-2H3,(H,28,32). The smallest absolute Gasteiger partial charge is 0.268 e. The zero-order valence-electron chi connectivity index (χ0n) is 18.6. The second kappa shape index (κ2) is 10.2. The Kier molecular flexibility index (Phi) is 6.95. The summed E-state index contributed by atoms with van der Waals surface area (Å²) in [5.41, 5.74) is 4.19. The van der Waals surface area contributed by atoms with Crippen LogP contribution in [0.3, 0.4) is 0 Å². The van der Waals surface area contributed by atoms with E-state index in [1.807, 2.05) is 91.9 Å². The molecule has 0 aliphatic heterocycles. The number of hydrogen-bond donors (Lipinski definition) is 1. The fourth-order valence-electron chi connectivity index (χ4n) is 3.57. The van der Waals surface area contributed by atoms with Crippen molar-refractivity contribution in [2.45, 2.75) is 20.4 Å². The van der Waals surface area contributed by atoms with Crippen molar-refractivity contribution in [3.63, 3.8) is 0 Å². The van der Waals surface area contributed by atoms with Gasteiger partial charge in [-0.25, -0.2) is 4.98 Å². The van der Waals surface area contributed by atoms with Crippen molar-refractivity contribution in [1.82, 2.24) is 9.88 Å². The van der Waals surface area contributed by atoms with Gasteiger partial charge in [-0.15, -0.1) is 11.3 Å². The summed E-state index contributed by atoms with van der Waals surface area (Å²) >= 11 is 1.38. The summed E-state index contributed by atoms with van der Waals surface area (Å²) in [7, 11) is 0. The first-order chi connectivity index (χ1) is 16.0. The second-order valence-electron chi connectivity index (χ2n) is 7.62. The minimum Gasteiger partial charge on any atom is -0.339 e. The number of benzene rings is 3. The van der Waals surface area contributed by atoms with E-state index < -0.39 is 0 Å². The number of carbonyl (C=O) groups excluding carboxylic acids is 2. The minimum atomic E-state index is -0.204. The number of nitrogens with zero attached hydrogens (tertiary/aromatic N) is 2. The number of nitrogens with one attached hydrogen (secondary N) is 1. The maximum atomic E-state index is 13.3. The predicted molar refractivity (Wildman–Crippen MR) is 134 cm³/mol. The Bertz CT molecular complexity index is 1250. The maximum absolute atomic E-state index is 13.3. The highest BCUT2D eigenvalue weighted by Gasteiger charge is 2.20. The van der Waals surface area contributed by atoms with Crippen molar-refractivity contribution >= 4 is 28.8 Å². The Morgan fingerprint density at radius 3 is 2.21 bits per heavy atom. The van der Waals surface area contributed by atoms with Crippen LogP contribution in [0.15, 0.2) is 84.9 Å². The lowest BCUT2D eigenvalue weighted by Crippen LogP contribution is -2.27. The van der Waals surface area contributed by atoms with Crippen LogP contribution in [0.5, 0.6) is 0 Å². The molecule has 0 atom stereocenters. The van der Waals surface area contributed by atoms with Crippen LogP contribution < -0.4 is 5.32 Å². The van der Waals surface area contributed by atoms with Gasteiger partial charge < -0.3 is 10.2 Å². The average molecular weight is 456 g/mol. The third kappa shape index (κ3) is 5.35. The van der Waals surface area contributed by atoms with Gasteiger partial charge in [0.15, 0.2) is 0 Å². The number of carbonyl (C=O) groups is 2. The van der Waals surface area contributed by atoms with Gasteiger partial charge in [0.2, 0.25) is 5.91 Å². The van der Waals surface area contributed by atoms with Gasteiger partial charge in [0.05, 0.1) is 5.69 Å². The zero-order chi connectivity index (χ0) is 23.2. The van der Waals surface area contributed by atoms with Gasteiger partial charge in [-0.1, -0.05) is 72.8 Å². The first kappa shape index (κ1) is 22.4. The highest BCUT2D eigenvalue weighted by Crippen LogP contribution is 2.34. The number of rotatable bonds is 7. The maximum Gasteiger partial charge on any atom is 0.268 e. The van der Waals surface area contributed by atoms with E-state index in [1.165, 1.54) is 11.3 Å². The van der Waals surface area contributed by atoms with Gasteiger partial charge in [0, 0.05) is 36.8 Å². The van der Waals surface area contributed by atoms with Gasteiger partial charge >= 0.3 is 0 Å². The van der Waals surface area contributed by atoms with Crippen LogP contribution in [0.1, 0.15) is 29.1 Å². The molecule has 1 N–H and O–H groups in total. The highest BCUT2D eigenvalue weighted by molar-refractivity contribution is 7.17. The van der Waals surface area contributed by atoms with Gasteiger partial charge in [0.25, 0.3) is 5.91 Å². The first-order valence-corrected chi connectivity index (χ1v) is 11.6. The number of amides is 2. The van der Waals surface area contributed by atoms with E-state index in [9.17, 15) is 9.59 Å². The largest absolute Gasteiger partial charge is 0.339 e. The van der Waals surface area contributed by atoms with Crippen LogP contribution in [-0.4, -0.2) is 28.2 Å². The van der Waals surface area contributed by atoms with Crippen LogP contribution in [0.25, 0.3) is 21.8 Å². The molecule has 1 heterocycles. The Balaban J connectivity index is 1.64. The molecule has 0 fully saturated rings. The van der Waals surface area contributed by atoms with Crippen molar-refractivity contribution in [2.75, 3.05) is 11.9 Å². The van der Waals surface area contributed by atoms with Crippen molar-refractivity contribution in [3.8, 4) is 21.8 Å². The summed E-state index contributed by atoms with van der Waals surface area (Å²) in [6.07, 6.45) is 0. The normalized spacial score (nSPS) is 10.6. The molecular formula is C27H25N3O2S. The summed E-state index contributed by atoms with van der Waals surface area (Å²) in [4.78, 5) is 32.2. The quantitative estimate of drug-likeness (QED) is 0.366. The Morgan fingerprint density at radius 2 is 1.58 bits per heavy atom. The van der Waals surface area contributed by atoms with Crippen LogP contribution >= 0.6 is 11.3 Å². The van der Waals surface area contributed by atoms with Crippen LogP contribution in [-0.2, 0) is 11.3 Å². The second-order valence-corrected chi connectivity index (χ2v) is 8.62. The van der Waals surface area contributed by atoms with Crippen molar-refractivity contribution in [3.05, 3.63) is 95.4 Å². The minimum absolute atomic E-state index is 0.0255. The van der Waals surface area contributed by atoms with E-state index in [1.54, 1.807) is 11.8 Å². The van der Waals surface area contributed by atoms with E-state index >= 15 is 0 Å². The van der Waals surface area contributed by atoms with E-state index in [-0.39, 0.29) is 11.8 Å². The zero-order valence-corrected chi connectivity index (χ0v) is 19.4. The predicted octanol–water partition coefficient (Wildman–Crippen LogP) is 6.10. The SMILES string of the molecule is CCN(Cc1cccc(NC(=O)c2sc(-c3ccccc3)nc2-c2ccccc2)c1)C(C)=O. The average Bonchev–Trinajstić information content (AvgIpc) is 3.29.